The lowest BCUT2D eigenvalue weighted by Gasteiger charge is -2.26. The lowest BCUT2D eigenvalue weighted by molar-refractivity contribution is -0.00549. The van der Waals surface area contributed by atoms with E-state index in [4.69, 9.17) is 15.0 Å². The summed E-state index contributed by atoms with van der Waals surface area (Å²) < 4.78 is 11.0. The van der Waals surface area contributed by atoms with Crippen LogP contribution in [0.5, 0.6) is 0 Å². The first kappa shape index (κ1) is 14.0. The molecule has 1 aromatic rings. The molecule has 0 saturated heterocycles. The number of nitrogens with zero attached hydrogens (tertiary/aromatic N) is 2. The number of hydrogen-bond acceptors (Lipinski definition) is 5. The molecule has 1 atom stereocenters. The average molecular weight is 279 g/mol. The van der Waals surface area contributed by atoms with E-state index in [0.29, 0.717) is 24.5 Å². The zero-order valence-corrected chi connectivity index (χ0v) is 12.1. The topological polar surface area (TPSA) is 74.2 Å². The maximum Gasteiger partial charge on any atom is 0.226 e. The second-order valence-corrected chi connectivity index (χ2v) is 6.25. The fraction of sp³-hybridized carbons (Fsp3) is 0.867. The second-order valence-electron chi connectivity index (χ2n) is 6.25. The minimum Gasteiger partial charge on any atom is -0.376 e. The van der Waals surface area contributed by atoms with Gasteiger partial charge < -0.3 is 15.0 Å². The molecule has 3 rings (SSSR count). The van der Waals surface area contributed by atoms with Crippen LogP contribution in [0.4, 0.5) is 0 Å². The van der Waals surface area contributed by atoms with E-state index in [1.54, 1.807) is 0 Å². The molecule has 0 bridgehead atoms. The maximum atomic E-state index is 6.06. The van der Waals surface area contributed by atoms with Gasteiger partial charge >= 0.3 is 0 Å². The van der Waals surface area contributed by atoms with E-state index in [0.717, 1.165) is 25.2 Å². The predicted molar refractivity (Wildman–Crippen MR) is 75.1 cm³/mol. The Morgan fingerprint density at radius 3 is 2.65 bits per heavy atom. The van der Waals surface area contributed by atoms with E-state index in [9.17, 15) is 0 Å². The molecule has 2 aliphatic carbocycles. The van der Waals surface area contributed by atoms with Crippen LogP contribution in [0.25, 0.3) is 0 Å². The molecule has 2 N–H and O–H groups in total. The Morgan fingerprint density at radius 1 is 1.15 bits per heavy atom. The molecule has 0 aromatic carbocycles. The lowest BCUT2D eigenvalue weighted by Crippen LogP contribution is -2.27. The van der Waals surface area contributed by atoms with Crippen molar-refractivity contribution >= 4 is 0 Å². The van der Waals surface area contributed by atoms with Gasteiger partial charge in [0, 0.05) is 6.42 Å². The van der Waals surface area contributed by atoms with Crippen molar-refractivity contribution in [1.29, 1.82) is 0 Å². The molecule has 1 unspecified atom stereocenters. The molecule has 0 aliphatic heterocycles. The number of rotatable bonds is 6. The van der Waals surface area contributed by atoms with Crippen molar-refractivity contribution in [3.8, 4) is 0 Å². The van der Waals surface area contributed by atoms with Crippen LogP contribution in [0.2, 0.25) is 0 Å². The lowest BCUT2D eigenvalue weighted by atomic mass is 9.87. The normalized spacial score (nSPS) is 22.6. The summed E-state index contributed by atoms with van der Waals surface area (Å²) >= 11 is 0. The largest absolute Gasteiger partial charge is 0.376 e. The third-order valence-corrected chi connectivity index (χ3v) is 4.57. The fourth-order valence-electron chi connectivity index (χ4n) is 2.99. The molecule has 5 heteroatoms. The highest BCUT2D eigenvalue weighted by molar-refractivity contribution is 4.94. The van der Waals surface area contributed by atoms with Crippen molar-refractivity contribution in [2.45, 2.75) is 69.9 Å². The molecule has 20 heavy (non-hydrogen) atoms. The third-order valence-electron chi connectivity index (χ3n) is 4.57. The molecule has 1 aromatic heterocycles. The van der Waals surface area contributed by atoms with Gasteiger partial charge in [-0.3, -0.25) is 0 Å². The number of aromatic nitrogens is 2. The van der Waals surface area contributed by atoms with Crippen LogP contribution < -0.4 is 5.73 Å². The van der Waals surface area contributed by atoms with Crippen LogP contribution in [-0.4, -0.2) is 22.9 Å². The van der Waals surface area contributed by atoms with E-state index in [-0.39, 0.29) is 6.04 Å². The van der Waals surface area contributed by atoms with Crippen LogP contribution in [0.1, 0.15) is 69.1 Å². The van der Waals surface area contributed by atoms with Crippen molar-refractivity contribution in [3.63, 3.8) is 0 Å². The van der Waals surface area contributed by atoms with Crippen molar-refractivity contribution in [2.24, 2.45) is 11.7 Å². The number of nitrogens with two attached hydrogens (primary N) is 1. The summed E-state index contributed by atoms with van der Waals surface area (Å²) in [6, 6.07) is -0.264. The highest BCUT2D eigenvalue weighted by Gasteiger charge is 2.22. The molecule has 5 nitrogen and oxygen atoms in total. The van der Waals surface area contributed by atoms with Crippen LogP contribution in [-0.2, 0) is 11.2 Å². The number of hydrogen-bond donors (Lipinski definition) is 1. The highest BCUT2D eigenvalue weighted by Crippen LogP contribution is 2.27. The third kappa shape index (κ3) is 3.58. The average Bonchev–Trinajstić information content (AvgIpc) is 2.86. The first-order chi connectivity index (χ1) is 9.81. The molecular weight excluding hydrogens is 254 g/mol. The molecule has 0 radical (unpaired) electrons. The Labute approximate surface area is 120 Å². The minimum absolute atomic E-state index is 0.264. The summed E-state index contributed by atoms with van der Waals surface area (Å²) in [5.74, 6) is 2.04. The molecule has 2 fully saturated rings. The van der Waals surface area contributed by atoms with Crippen molar-refractivity contribution < 1.29 is 9.26 Å². The molecule has 2 saturated carbocycles. The van der Waals surface area contributed by atoms with Crippen LogP contribution in [0, 0.1) is 5.92 Å². The van der Waals surface area contributed by atoms with Gasteiger partial charge in [0.15, 0.2) is 5.82 Å². The Kier molecular flexibility index (Phi) is 4.68. The molecule has 0 amide bonds. The Bertz CT molecular complexity index is 411. The van der Waals surface area contributed by atoms with E-state index >= 15 is 0 Å². The Morgan fingerprint density at radius 2 is 1.95 bits per heavy atom. The standard InChI is InChI=1S/C15H25N3O2/c16-13(10-19-12-7-4-8-12)15-17-14(20-18-15)9-11-5-2-1-3-6-11/h11-13H,1-10,16H2. The van der Waals surface area contributed by atoms with Gasteiger partial charge in [0.1, 0.15) is 0 Å². The van der Waals surface area contributed by atoms with E-state index in [2.05, 4.69) is 10.1 Å². The monoisotopic (exact) mass is 279 g/mol. The molecule has 0 spiro atoms. The molecule has 112 valence electrons. The van der Waals surface area contributed by atoms with Gasteiger partial charge in [0.25, 0.3) is 0 Å². The summed E-state index contributed by atoms with van der Waals surface area (Å²) in [4.78, 5) is 4.44. The summed E-state index contributed by atoms with van der Waals surface area (Å²) in [7, 11) is 0. The van der Waals surface area contributed by atoms with Gasteiger partial charge in [-0.15, -0.1) is 0 Å². The van der Waals surface area contributed by atoms with E-state index in [1.807, 2.05) is 0 Å². The van der Waals surface area contributed by atoms with Crippen molar-refractivity contribution in [3.05, 3.63) is 11.7 Å². The van der Waals surface area contributed by atoms with Crippen LogP contribution >= 0.6 is 0 Å². The summed E-state index contributed by atoms with van der Waals surface area (Å²) in [5, 5.41) is 4.01. The molecule has 1 heterocycles. The van der Waals surface area contributed by atoms with Gasteiger partial charge in [-0.05, 0) is 38.0 Å². The first-order valence-corrected chi connectivity index (χ1v) is 8.01. The van der Waals surface area contributed by atoms with Crippen LogP contribution in [0.3, 0.4) is 0 Å². The Balaban J connectivity index is 1.47. The molecular formula is C15H25N3O2. The van der Waals surface area contributed by atoms with Gasteiger partial charge in [0.2, 0.25) is 5.89 Å². The van der Waals surface area contributed by atoms with Gasteiger partial charge in [-0.2, -0.15) is 4.98 Å². The summed E-state index contributed by atoms with van der Waals surface area (Å²) in [5.41, 5.74) is 6.06. The van der Waals surface area contributed by atoms with Gasteiger partial charge in [-0.1, -0.05) is 24.4 Å². The van der Waals surface area contributed by atoms with Crippen LogP contribution in [0.15, 0.2) is 4.52 Å². The summed E-state index contributed by atoms with van der Waals surface area (Å²) in [6.45, 7) is 0.493. The predicted octanol–water partition coefficient (Wildman–Crippen LogP) is 2.76. The summed E-state index contributed by atoms with van der Waals surface area (Å²) in [6.07, 6.45) is 11.5. The van der Waals surface area contributed by atoms with E-state index < -0.39 is 0 Å². The maximum absolute atomic E-state index is 6.06. The quantitative estimate of drug-likeness (QED) is 0.866. The zero-order valence-electron chi connectivity index (χ0n) is 12.1. The SMILES string of the molecule is NC(COC1CCC1)c1noc(CC2CCCCC2)n1. The van der Waals surface area contributed by atoms with Crippen molar-refractivity contribution in [1.82, 2.24) is 10.1 Å². The van der Waals surface area contributed by atoms with Gasteiger partial charge in [-0.25, -0.2) is 0 Å². The second kappa shape index (κ2) is 6.68. The van der Waals surface area contributed by atoms with E-state index in [1.165, 1.54) is 38.5 Å². The fourth-order valence-corrected chi connectivity index (χ4v) is 2.99. The molecule has 2 aliphatic rings. The number of ether oxygens (including phenoxy) is 1. The first-order valence-electron chi connectivity index (χ1n) is 8.01. The minimum atomic E-state index is -0.264. The Hall–Kier alpha value is -0.940. The van der Waals surface area contributed by atoms with Crippen molar-refractivity contribution in [2.75, 3.05) is 6.61 Å². The smallest absolute Gasteiger partial charge is 0.226 e. The highest BCUT2D eigenvalue weighted by atomic mass is 16.5. The zero-order chi connectivity index (χ0) is 13.8. The van der Waals surface area contributed by atoms with Gasteiger partial charge in [0.05, 0.1) is 18.8 Å².